The Morgan fingerprint density at radius 1 is 1.42 bits per heavy atom. The highest BCUT2D eigenvalue weighted by Crippen LogP contribution is 2.21. The molecule has 0 spiro atoms. The van der Waals surface area contributed by atoms with E-state index >= 15 is 0 Å². The molecular weight excluding hydrogens is 270 g/mol. The number of hydrogen-bond acceptors (Lipinski definition) is 5. The molecule has 0 aromatic heterocycles. The first-order chi connectivity index (χ1) is 9.00. The quantitative estimate of drug-likeness (QED) is 0.738. The zero-order chi connectivity index (χ0) is 13.9. The van der Waals surface area contributed by atoms with Crippen molar-refractivity contribution in [1.82, 2.24) is 9.44 Å². The van der Waals surface area contributed by atoms with Gasteiger partial charge in [-0.25, -0.2) is 9.52 Å². The van der Waals surface area contributed by atoms with Gasteiger partial charge in [-0.1, -0.05) is 18.2 Å². The molecule has 7 nitrogen and oxygen atoms in total. The van der Waals surface area contributed by atoms with Crippen LogP contribution in [0, 0.1) is 0 Å². The largest absolute Gasteiger partial charge is 0.452 e. The van der Waals surface area contributed by atoms with Crippen molar-refractivity contribution in [1.29, 1.82) is 0 Å². The summed E-state index contributed by atoms with van der Waals surface area (Å²) >= 11 is 0. The summed E-state index contributed by atoms with van der Waals surface area (Å²) in [5.41, 5.74) is 2.03. The number of benzene rings is 1. The summed E-state index contributed by atoms with van der Waals surface area (Å²) in [4.78, 5) is 10.9. The van der Waals surface area contributed by atoms with E-state index in [2.05, 4.69) is 14.8 Å². The molecule has 0 saturated heterocycles. The number of carbonyl (C=O) groups excluding carboxylic acids is 1. The van der Waals surface area contributed by atoms with Crippen molar-refractivity contribution >= 4 is 22.0 Å². The Kier molecular flexibility index (Phi) is 3.91. The highest BCUT2D eigenvalue weighted by atomic mass is 32.2. The topological polar surface area (TPSA) is 96.5 Å². The Morgan fingerprint density at radius 2 is 2.16 bits per heavy atom. The predicted octanol–water partition coefficient (Wildman–Crippen LogP) is 0.214. The second kappa shape index (κ2) is 5.45. The number of anilines is 1. The number of rotatable bonds is 3. The van der Waals surface area contributed by atoms with Gasteiger partial charge in [-0.3, -0.25) is 0 Å². The molecule has 19 heavy (non-hydrogen) atoms. The number of ether oxygens (including phenoxy) is 1. The van der Waals surface area contributed by atoms with Gasteiger partial charge >= 0.3 is 16.3 Å². The van der Waals surface area contributed by atoms with Gasteiger partial charge in [-0.15, -0.1) is 0 Å². The van der Waals surface area contributed by atoms with Crippen molar-refractivity contribution in [2.24, 2.45) is 0 Å². The molecule has 8 heteroatoms. The lowest BCUT2D eigenvalue weighted by Crippen LogP contribution is -2.49. The Labute approximate surface area is 111 Å². The van der Waals surface area contributed by atoms with E-state index < -0.39 is 16.3 Å². The van der Waals surface area contributed by atoms with Gasteiger partial charge in [0.1, 0.15) is 0 Å². The van der Waals surface area contributed by atoms with Gasteiger partial charge < -0.3 is 10.1 Å². The standard InChI is InChI=1S/C11H15N3O4S/c1-18-11(15)14-19(16,17)13-9-6-8-4-2-3-5-10(8)12-7-9/h2-5,9,12-13H,6-7H2,1H3,(H,14,15). The van der Waals surface area contributed by atoms with E-state index in [-0.39, 0.29) is 6.04 Å². The fraction of sp³-hybridized carbons (Fsp3) is 0.364. The molecule has 3 N–H and O–H groups in total. The first-order valence-electron chi connectivity index (χ1n) is 5.70. The van der Waals surface area contributed by atoms with E-state index in [1.807, 2.05) is 24.3 Å². The van der Waals surface area contributed by atoms with Gasteiger partial charge in [0, 0.05) is 18.3 Å². The molecule has 0 fully saturated rings. The number of para-hydroxylation sites is 1. The summed E-state index contributed by atoms with van der Waals surface area (Å²) in [6.07, 6.45) is -0.456. The molecule has 1 atom stereocenters. The van der Waals surface area contributed by atoms with E-state index in [9.17, 15) is 13.2 Å². The minimum absolute atomic E-state index is 0.322. The first-order valence-corrected chi connectivity index (χ1v) is 7.18. The maximum absolute atomic E-state index is 11.6. The van der Waals surface area contributed by atoms with Crippen molar-refractivity contribution in [3.05, 3.63) is 29.8 Å². The van der Waals surface area contributed by atoms with E-state index in [1.165, 1.54) is 0 Å². The van der Waals surface area contributed by atoms with Crippen molar-refractivity contribution in [3.63, 3.8) is 0 Å². The van der Waals surface area contributed by atoms with Gasteiger partial charge in [-0.2, -0.15) is 13.1 Å². The molecule has 1 aliphatic heterocycles. The third-order valence-corrected chi connectivity index (χ3v) is 3.83. The number of amides is 1. The highest BCUT2D eigenvalue weighted by Gasteiger charge is 2.24. The van der Waals surface area contributed by atoms with Crippen molar-refractivity contribution in [2.75, 3.05) is 19.0 Å². The summed E-state index contributed by atoms with van der Waals surface area (Å²) in [5, 5.41) is 3.13. The van der Waals surface area contributed by atoms with Crippen LogP contribution in [0.25, 0.3) is 0 Å². The van der Waals surface area contributed by atoms with Crippen LogP contribution in [-0.4, -0.2) is 34.2 Å². The maximum Gasteiger partial charge on any atom is 0.421 e. The Hall–Kier alpha value is -1.80. The molecule has 1 unspecified atom stereocenters. The van der Waals surface area contributed by atoms with Crippen LogP contribution in [0.5, 0.6) is 0 Å². The SMILES string of the molecule is COC(=O)NS(=O)(=O)NC1CNc2ccccc2C1. The lowest BCUT2D eigenvalue weighted by molar-refractivity contribution is 0.177. The second-order valence-corrected chi connectivity index (χ2v) is 5.60. The monoisotopic (exact) mass is 285 g/mol. The molecule has 1 aromatic rings. The smallest absolute Gasteiger partial charge is 0.421 e. The summed E-state index contributed by atoms with van der Waals surface area (Å²) in [5.74, 6) is 0. The van der Waals surface area contributed by atoms with Gasteiger partial charge in [0.15, 0.2) is 0 Å². The molecule has 2 rings (SSSR count). The van der Waals surface area contributed by atoms with E-state index in [1.54, 1.807) is 4.72 Å². The van der Waals surface area contributed by atoms with Gasteiger partial charge in [0.05, 0.1) is 7.11 Å². The summed E-state index contributed by atoms with van der Waals surface area (Å²) in [7, 11) is -2.81. The van der Waals surface area contributed by atoms with Gasteiger partial charge in [0.2, 0.25) is 0 Å². The highest BCUT2D eigenvalue weighted by molar-refractivity contribution is 7.88. The fourth-order valence-corrected chi connectivity index (χ4v) is 2.89. The molecular formula is C11H15N3O4S. The van der Waals surface area contributed by atoms with Crippen LogP contribution < -0.4 is 14.8 Å². The van der Waals surface area contributed by atoms with Crippen LogP contribution in [0.3, 0.4) is 0 Å². The molecule has 1 amide bonds. The Morgan fingerprint density at radius 3 is 2.89 bits per heavy atom. The average Bonchev–Trinajstić information content (AvgIpc) is 2.37. The molecule has 0 bridgehead atoms. The third-order valence-electron chi connectivity index (χ3n) is 2.75. The molecule has 0 radical (unpaired) electrons. The molecule has 1 aliphatic rings. The Bertz CT molecular complexity index is 573. The maximum atomic E-state index is 11.6. The zero-order valence-electron chi connectivity index (χ0n) is 10.3. The molecule has 1 heterocycles. The van der Waals surface area contributed by atoms with Crippen LogP contribution in [0.15, 0.2) is 24.3 Å². The zero-order valence-corrected chi connectivity index (χ0v) is 11.2. The third kappa shape index (κ3) is 3.58. The number of fused-ring (bicyclic) bond motifs is 1. The fourth-order valence-electron chi connectivity index (χ4n) is 1.93. The van der Waals surface area contributed by atoms with E-state index in [0.717, 1.165) is 18.4 Å². The minimum Gasteiger partial charge on any atom is -0.452 e. The lowest BCUT2D eigenvalue weighted by atomic mass is 10.0. The summed E-state index contributed by atoms with van der Waals surface area (Å²) in [6, 6.07) is 7.35. The molecule has 1 aromatic carbocycles. The number of methoxy groups -OCH3 is 1. The van der Waals surface area contributed by atoms with E-state index in [0.29, 0.717) is 13.0 Å². The molecule has 0 aliphatic carbocycles. The number of nitrogens with one attached hydrogen (secondary N) is 3. The van der Waals surface area contributed by atoms with Crippen LogP contribution in [-0.2, 0) is 21.4 Å². The number of hydrogen-bond donors (Lipinski definition) is 3. The van der Waals surface area contributed by atoms with Gasteiger partial charge in [-0.05, 0) is 18.1 Å². The summed E-state index contributed by atoms with van der Waals surface area (Å²) in [6.45, 7) is 0.457. The molecule has 104 valence electrons. The van der Waals surface area contributed by atoms with Crippen LogP contribution in [0.2, 0.25) is 0 Å². The number of carbonyl (C=O) groups is 1. The van der Waals surface area contributed by atoms with Crippen molar-refractivity contribution in [3.8, 4) is 0 Å². The van der Waals surface area contributed by atoms with Crippen LogP contribution in [0.1, 0.15) is 5.56 Å². The van der Waals surface area contributed by atoms with E-state index in [4.69, 9.17) is 0 Å². The van der Waals surface area contributed by atoms with Crippen molar-refractivity contribution in [2.45, 2.75) is 12.5 Å². The minimum atomic E-state index is -3.91. The normalized spacial score (nSPS) is 18.1. The van der Waals surface area contributed by atoms with Crippen LogP contribution in [0.4, 0.5) is 10.5 Å². The first kappa shape index (κ1) is 13.6. The average molecular weight is 285 g/mol. The van der Waals surface area contributed by atoms with Crippen LogP contribution >= 0.6 is 0 Å². The lowest BCUT2D eigenvalue weighted by Gasteiger charge is -2.26. The van der Waals surface area contributed by atoms with Gasteiger partial charge in [0.25, 0.3) is 0 Å². The summed E-state index contributed by atoms with van der Waals surface area (Å²) < 4.78 is 31.7. The predicted molar refractivity (Wildman–Crippen MR) is 70.0 cm³/mol. The molecule has 0 saturated carbocycles. The second-order valence-electron chi connectivity index (χ2n) is 4.15. The Balaban J connectivity index is 2.00. The van der Waals surface area contributed by atoms with Crippen molar-refractivity contribution < 1.29 is 17.9 Å².